The van der Waals surface area contributed by atoms with E-state index in [1.165, 1.54) is 24.2 Å². The summed E-state index contributed by atoms with van der Waals surface area (Å²) in [6.07, 6.45) is 11.7. The van der Waals surface area contributed by atoms with E-state index in [4.69, 9.17) is 11.2 Å². The van der Waals surface area contributed by atoms with E-state index in [0.717, 1.165) is 12.8 Å². The molecule has 0 heterocycles. The highest BCUT2D eigenvalue weighted by molar-refractivity contribution is 5.76. The molecule has 130 valence electrons. The number of ether oxygens (including phenoxy) is 1. The fourth-order valence-corrected chi connectivity index (χ4v) is 2.65. The van der Waals surface area contributed by atoms with Crippen molar-refractivity contribution in [2.75, 3.05) is 13.1 Å². The molecule has 1 saturated carbocycles. The van der Waals surface area contributed by atoms with Gasteiger partial charge in [-0.15, -0.1) is 6.42 Å². The average molecular weight is 322 g/mol. The Morgan fingerprint density at radius 2 is 1.91 bits per heavy atom. The number of hydrogen-bond acceptors (Lipinski definition) is 3. The van der Waals surface area contributed by atoms with E-state index in [-0.39, 0.29) is 12.5 Å². The van der Waals surface area contributed by atoms with Gasteiger partial charge in [0.25, 0.3) is 0 Å². The first-order chi connectivity index (χ1) is 10.8. The third-order valence-corrected chi connectivity index (χ3v) is 3.74. The molecule has 0 aromatic heterocycles. The van der Waals surface area contributed by atoms with Crippen LogP contribution in [0.1, 0.15) is 65.7 Å². The van der Waals surface area contributed by atoms with Gasteiger partial charge >= 0.3 is 6.09 Å². The Hall–Kier alpha value is -1.70. The van der Waals surface area contributed by atoms with Crippen molar-refractivity contribution in [2.24, 2.45) is 0 Å². The van der Waals surface area contributed by atoms with Gasteiger partial charge < -0.3 is 10.1 Å². The highest BCUT2D eigenvalue weighted by Gasteiger charge is 2.22. The highest BCUT2D eigenvalue weighted by atomic mass is 16.6. The molecule has 0 aromatic rings. The summed E-state index contributed by atoms with van der Waals surface area (Å²) >= 11 is 0. The van der Waals surface area contributed by atoms with E-state index >= 15 is 0 Å². The van der Waals surface area contributed by atoms with Crippen LogP contribution in [0.15, 0.2) is 0 Å². The van der Waals surface area contributed by atoms with Crippen LogP contribution in [0.3, 0.4) is 0 Å². The molecule has 0 unspecified atom stereocenters. The monoisotopic (exact) mass is 322 g/mol. The molecule has 0 spiro atoms. The number of nitrogens with one attached hydrogen (secondary N) is 1. The lowest BCUT2D eigenvalue weighted by Gasteiger charge is -2.26. The Kier molecular flexibility index (Phi) is 7.94. The lowest BCUT2D eigenvalue weighted by Crippen LogP contribution is -2.39. The summed E-state index contributed by atoms with van der Waals surface area (Å²) in [6.45, 7) is 6.07. The van der Waals surface area contributed by atoms with Gasteiger partial charge in [0.2, 0.25) is 5.91 Å². The molecule has 1 rings (SSSR count). The van der Waals surface area contributed by atoms with Gasteiger partial charge in [0, 0.05) is 19.0 Å². The number of carbonyl (C=O) groups excluding carboxylic acids is 2. The molecule has 1 fully saturated rings. The van der Waals surface area contributed by atoms with Crippen LogP contribution < -0.4 is 5.32 Å². The summed E-state index contributed by atoms with van der Waals surface area (Å²) in [6, 6.07) is 0.323. The van der Waals surface area contributed by atoms with Crippen LogP contribution in [0.5, 0.6) is 0 Å². The van der Waals surface area contributed by atoms with Gasteiger partial charge in [-0.3, -0.25) is 9.69 Å². The molecule has 23 heavy (non-hydrogen) atoms. The molecule has 0 bridgehead atoms. The van der Waals surface area contributed by atoms with E-state index in [0.29, 0.717) is 25.4 Å². The van der Waals surface area contributed by atoms with Crippen molar-refractivity contribution in [1.29, 1.82) is 0 Å². The predicted octanol–water partition coefficient (Wildman–Crippen LogP) is 3.09. The molecule has 1 N–H and O–H groups in total. The Morgan fingerprint density at radius 1 is 1.26 bits per heavy atom. The SMILES string of the molecule is C#CCN(CCCC(=O)NC1CCCCC1)C(=O)OC(C)(C)C. The topological polar surface area (TPSA) is 58.6 Å². The summed E-state index contributed by atoms with van der Waals surface area (Å²) in [4.78, 5) is 25.5. The minimum absolute atomic E-state index is 0.0572. The average Bonchev–Trinajstić information content (AvgIpc) is 2.45. The fourth-order valence-electron chi connectivity index (χ4n) is 2.65. The third kappa shape index (κ3) is 8.49. The van der Waals surface area contributed by atoms with Gasteiger partial charge in [0.15, 0.2) is 0 Å². The summed E-state index contributed by atoms with van der Waals surface area (Å²) in [5.41, 5.74) is -0.553. The van der Waals surface area contributed by atoms with E-state index in [1.54, 1.807) is 0 Å². The lowest BCUT2D eigenvalue weighted by molar-refractivity contribution is -0.122. The van der Waals surface area contributed by atoms with Crippen LogP contribution in [0.4, 0.5) is 4.79 Å². The van der Waals surface area contributed by atoms with Crippen molar-refractivity contribution in [3.8, 4) is 12.3 Å². The number of terminal acetylenes is 1. The molecule has 5 heteroatoms. The number of hydrogen-bond donors (Lipinski definition) is 1. The van der Waals surface area contributed by atoms with Crippen molar-refractivity contribution in [3.05, 3.63) is 0 Å². The normalized spacial score (nSPS) is 15.6. The van der Waals surface area contributed by atoms with Crippen LogP contribution in [-0.2, 0) is 9.53 Å². The van der Waals surface area contributed by atoms with Crippen molar-refractivity contribution in [3.63, 3.8) is 0 Å². The van der Waals surface area contributed by atoms with Crippen molar-refractivity contribution in [1.82, 2.24) is 10.2 Å². The molecular formula is C18H30N2O3. The Bertz CT molecular complexity index is 429. The first-order valence-corrected chi connectivity index (χ1v) is 8.52. The van der Waals surface area contributed by atoms with Crippen LogP contribution in [-0.4, -0.2) is 41.6 Å². The van der Waals surface area contributed by atoms with Crippen LogP contribution in [0.25, 0.3) is 0 Å². The molecular weight excluding hydrogens is 292 g/mol. The first-order valence-electron chi connectivity index (χ1n) is 8.52. The second-order valence-electron chi connectivity index (χ2n) is 7.11. The summed E-state index contributed by atoms with van der Waals surface area (Å²) in [7, 11) is 0. The molecule has 0 aliphatic heterocycles. The summed E-state index contributed by atoms with van der Waals surface area (Å²) < 4.78 is 5.32. The van der Waals surface area contributed by atoms with Crippen LogP contribution in [0, 0.1) is 12.3 Å². The van der Waals surface area contributed by atoms with Crippen molar-refractivity contribution < 1.29 is 14.3 Å². The molecule has 0 aromatic carbocycles. The fraction of sp³-hybridized carbons (Fsp3) is 0.778. The zero-order chi connectivity index (χ0) is 17.3. The zero-order valence-electron chi connectivity index (χ0n) is 14.7. The highest BCUT2D eigenvalue weighted by Crippen LogP contribution is 2.17. The molecule has 5 nitrogen and oxygen atoms in total. The number of rotatable bonds is 6. The maximum Gasteiger partial charge on any atom is 0.411 e. The number of amides is 2. The van der Waals surface area contributed by atoms with Gasteiger partial charge in [-0.2, -0.15) is 0 Å². The van der Waals surface area contributed by atoms with E-state index in [1.807, 2.05) is 20.8 Å². The second-order valence-corrected chi connectivity index (χ2v) is 7.11. The van der Waals surface area contributed by atoms with Crippen LogP contribution in [0.2, 0.25) is 0 Å². The van der Waals surface area contributed by atoms with Crippen LogP contribution >= 0.6 is 0 Å². The summed E-state index contributed by atoms with van der Waals surface area (Å²) in [5, 5.41) is 3.08. The minimum atomic E-state index is -0.553. The Labute approximate surface area is 140 Å². The molecule has 1 aliphatic rings. The number of nitrogens with zero attached hydrogens (tertiary/aromatic N) is 1. The Balaban J connectivity index is 2.32. The molecule has 0 saturated heterocycles. The van der Waals surface area contributed by atoms with Gasteiger partial charge in [-0.05, 0) is 40.0 Å². The largest absolute Gasteiger partial charge is 0.444 e. The zero-order valence-corrected chi connectivity index (χ0v) is 14.7. The van der Waals surface area contributed by atoms with Crippen molar-refractivity contribution in [2.45, 2.75) is 77.4 Å². The third-order valence-electron chi connectivity index (χ3n) is 3.74. The molecule has 0 radical (unpaired) electrons. The smallest absolute Gasteiger partial charge is 0.411 e. The predicted molar refractivity (Wildman–Crippen MR) is 90.9 cm³/mol. The van der Waals surface area contributed by atoms with Gasteiger partial charge in [-0.25, -0.2) is 4.79 Å². The number of carbonyl (C=O) groups is 2. The molecule has 2 amide bonds. The standard InChI is InChI=1S/C18H30N2O3/c1-5-13-20(17(22)23-18(2,3)4)14-9-12-16(21)19-15-10-7-6-8-11-15/h1,15H,6-14H2,2-4H3,(H,19,21). The molecule has 1 aliphatic carbocycles. The second kappa shape index (κ2) is 9.44. The van der Waals surface area contributed by atoms with Gasteiger partial charge in [-0.1, -0.05) is 25.2 Å². The first kappa shape index (κ1) is 19.3. The summed E-state index contributed by atoms with van der Waals surface area (Å²) in [5.74, 6) is 2.52. The van der Waals surface area contributed by atoms with E-state index < -0.39 is 11.7 Å². The Morgan fingerprint density at radius 3 is 2.48 bits per heavy atom. The van der Waals surface area contributed by atoms with E-state index in [9.17, 15) is 9.59 Å². The minimum Gasteiger partial charge on any atom is -0.444 e. The van der Waals surface area contributed by atoms with E-state index in [2.05, 4.69) is 11.2 Å². The lowest BCUT2D eigenvalue weighted by atomic mass is 9.95. The quantitative estimate of drug-likeness (QED) is 0.765. The molecule has 0 atom stereocenters. The van der Waals surface area contributed by atoms with Gasteiger partial charge in [0.1, 0.15) is 5.60 Å². The maximum atomic E-state index is 12.0. The maximum absolute atomic E-state index is 12.0. The van der Waals surface area contributed by atoms with Crippen molar-refractivity contribution >= 4 is 12.0 Å². The van der Waals surface area contributed by atoms with Gasteiger partial charge in [0.05, 0.1) is 6.54 Å².